The second kappa shape index (κ2) is 6.73. The Hall–Kier alpha value is -1.58. The van der Waals surface area contributed by atoms with Gasteiger partial charge in [0.1, 0.15) is 6.07 Å². The van der Waals surface area contributed by atoms with Gasteiger partial charge in [-0.3, -0.25) is 4.79 Å². The highest BCUT2D eigenvalue weighted by Gasteiger charge is 2.18. The largest absolute Gasteiger partial charge is 0.375 e. The molecular weight excluding hydrogens is 320 g/mol. The van der Waals surface area contributed by atoms with Crippen LogP contribution in [0.15, 0.2) is 22.7 Å². The fraction of sp³-hybridized carbons (Fsp3) is 0.429. The summed E-state index contributed by atoms with van der Waals surface area (Å²) in [5.74, 6) is 0.0713. The molecule has 1 amide bonds. The summed E-state index contributed by atoms with van der Waals surface area (Å²) in [6, 6.07) is 7.47. The molecule has 0 aromatic heterocycles. The number of benzene rings is 1. The summed E-state index contributed by atoms with van der Waals surface area (Å²) in [5, 5.41) is 12.1. The molecular formula is C14H17BrN4O. The van der Waals surface area contributed by atoms with E-state index in [2.05, 4.69) is 39.3 Å². The fourth-order valence-electron chi connectivity index (χ4n) is 2.10. The minimum Gasteiger partial charge on any atom is -0.375 e. The van der Waals surface area contributed by atoms with E-state index >= 15 is 0 Å². The van der Waals surface area contributed by atoms with Gasteiger partial charge in [-0.2, -0.15) is 5.26 Å². The fourth-order valence-corrected chi connectivity index (χ4v) is 2.46. The zero-order valence-corrected chi connectivity index (χ0v) is 13.0. The Balaban J connectivity index is 1.93. The van der Waals surface area contributed by atoms with Crippen LogP contribution in [0.4, 0.5) is 5.69 Å². The van der Waals surface area contributed by atoms with Crippen LogP contribution in [0, 0.1) is 11.3 Å². The Morgan fingerprint density at radius 3 is 2.75 bits per heavy atom. The van der Waals surface area contributed by atoms with E-state index < -0.39 is 0 Å². The molecule has 1 aromatic carbocycles. The van der Waals surface area contributed by atoms with Gasteiger partial charge in [-0.25, -0.2) is 0 Å². The van der Waals surface area contributed by atoms with Gasteiger partial charge in [0, 0.05) is 30.7 Å². The average molecular weight is 337 g/mol. The van der Waals surface area contributed by atoms with Crippen molar-refractivity contribution in [2.45, 2.75) is 0 Å². The van der Waals surface area contributed by atoms with Crippen LogP contribution in [-0.4, -0.2) is 55.5 Å². The van der Waals surface area contributed by atoms with E-state index in [1.807, 2.05) is 17.0 Å². The van der Waals surface area contributed by atoms with Gasteiger partial charge in [0.25, 0.3) is 0 Å². The first-order valence-electron chi connectivity index (χ1n) is 6.50. The van der Waals surface area contributed by atoms with Crippen molar-refractivity contribution in [2.24, 2.45) is 0 Å². The maximum absolute atomic E-state index is 12.1. The highest BCUT2D eigenvalue weighted by atomic mass is 79.9. The number of nitriles is 1. The molecule has 6 heteroatoms. The summed E-state index contributed by atoms with van der Waals surface area (Å²) in [5.41, 5.74) is 1.23. The molecule has 1 N–H and O–H groups in total. The van der Waals surface area contributed by atoms with Crippen molar-refractivity contribution in [2.75, 3.05) is 45.1 Å². The smallest absolute Gasteiger partial charge is 0.241 e. The number of piperazine rings is 1. The SMILES string of the molecule is CN1CCN(C(=O)CNc2cc(Br)ccc2C#N)CC1. The van der Waals surface area contributed by atoms with Gasteiger partial charge in [0.15, 0.2) is 0 Å². The van der Waals surface area contributed by atoms with Crippen molar-refractivity contribution in [1.82, 2.24) is 9.80 Å². The van der Waals surface area contributed by atoms with E-state index in [-0.39, 0.29) is 12.5 Å². The minimum atomic E-state index is 0.0713. The molecule has 2 rings (SSSR count). The first-order chi connectivity index (χ1) is 9.60. The molecule has 1 fully saturated rings. The van der Waals surface area contributed by atoms with Crippen molar-refractivity contribution in [1.29, 1.82) is 5.26 Å². The van der Waals surface area contributed by atoms with Gasteiger partial charge < -0.3 is 15.1 Å². The molecule has 0 saturated carbocycles. The van der Waals surface area contributed by atoms with E-state index in [0.29, 0.717) is 11.3 Å². The van der Waals surface area contributed by atoms with Crippen molar-refractivity contribution in [3.8, 4) is 6.07 Å². The number of nitrogens with one attached hydrogen (secondary N) is 1. The van der Waals surface area contributed by atoms with Crippen LogP contribution in [0.25, 0.3) is 0 Å². The number of rotatable bonds is 3. The number of amides is 1. The van der Waals surface area contributed by atoms with E-state index in [0.717, 1.165) is 30.7 Å². The molecule has 1 heterocycles. The number of halogens is 1. The standard InChI is InChI=1S/C14H17BrN4O/c1-18-4-6-19(7-5-18)14(20)10-17-13-8-12(15)3-2-11(13)9-16/h2-3,8,17H,4-7,10H2,1H3. The van der Waals surface area contributed by atoms with E-state index in [1.165, 1.54) is 0 Å². The van der Waals surface area contributed by atoms with Crippen LogP contribution in [-0.2, 0) is 4.79 Å². The molecule has 0 bridgehead atoms. The van der Waals surface area contributed by atoms with Crippen molar-refractivity contribution >= 4 is 27.5 Å². The van der Waals surface area contributed by atoms with Crippen LogP contribution in [0.1, 0.15) is 5.56 Å². The van der Waals surface area contributed by atoms with Gasteiger partial charge in [-0.15, -0.1) is 0 Å². The lowest BCUT2D eigenvalue weighted by Crippen LogP contribution is -2.48. The van der Waals surface area contributed by atoms with Crippen LogP contribution >= 0.6 is 15.9 Å². The predicted octanol–water partition coefficient (Wildman–Crippen LogP) is 1.51. The van der Waals surface area contributed by atoms with E-state index in [9.17, 15) is 4.79 Å². The van der Waals surface area contributed by atoms with Crippen LogP contribution < -0.4 is 5.32 Å². The molecule has 5 nitrogen and oxygen atoms in total. The molecule has 20 heavy (non-hydrogen) atoms. The second-order valence-electron chi connectivity index (χ2n) is 4.84. The summed E-state index contributed by atoms with van der Waals surface area (Å²) in [7, 11) is 2.06. The molecule has 0 radical (unpaired) electrons. The lowest BCUT2D eigenvalue weighted by molar-refractivity contribution is -0.130. The number of hydrogen-bond donors (Lipinski definition) is 1. The van der Waals surface area contributed by atoms with Gasteiger partial charge >= 0.3 is 0 Å². The van der Waals surface area contributed by atoms with E-state index in [1.54, 1.807) is 6.07 Å². The van der Waals surface area contributed by atoms with Gasteiger partial charge in [-0.05, 0) is 25.2 Å². The topological polar surface area (TPSA) is 59.4 Å². The Labute approximate surface area is 127 Å². The summed E-state index contributed by atoms with van der Waals surface area (Å²) < 4.78 is 0.881. The zero-order chi connectivity index (χ0) is 14.5. The zero-order valence-electron chi connectivity index (χ0n) is 11.4. The third kappa shape index (κ3) is 3.71. The highest BCUT2D eigenvalue weighted by Crippen LogP contribution is 2.20. The number of likely N-dealkylation sites (N-methyl/N-ethyl adjacent to an activating group) is 1. The molecule has 1 aliphatic heterocycles. The predicted molar refractivity (Wildman–Crippen MR) is 81.4 cm³/mol. The first kappa shape index (κ1) is 14.8. The Bertz CT molecular complexity index is 532. The quantitative estimate of drug-likeness (QED) is 0.908. The number of carbonyl (C=O) groups is 1. The Morgan fingerprint density at radius 1 is 1.40 bits per heavy atom. The molecule has 1 saturated heterocycles. The average Bonchev–Trinajstić information content (AvgIpc) is 2.45. The number of anilines is 1. The van der Waals surface area contributed by atoms with Gasteiger partial charge in [0.05, 0.1) is 17.8 Å². The van der Waals surface area contributed by atoms with Gasteiger partial charge in [0.2, 0.25) is 5.91 Å². The third-order valence-corrected chi connectivity index (χ3v) is 3.88. The maximum Gasteiger partial charge on any atom is 0.241 e. The monoisotopic (exact) mass is 336 g/mol. The normalized spacial score (nSPS) is 15.8. The number of nitrogens with zero attached hydrogens (tertiary/aromatic N) is 3. The highest BCUT2D eigenvalue weighted by molar-refractivity contribution is 9.10. The lowest BCUT2D eigenvalue weighted by atomic mass is 10.2. The summed E-state index contributed by atoms with van der Waals surface area (Å²) in [4.78, 5) is 16.2. The van der Waals surface area contributed by atoms with Crippen molar-refractivity contribution < 1.29 is 4.79 Å². The summed E-state index contributed by atoms with van der Waals surface area (Å²) >= 11 is 3.37. The lowest BCUT2D eigenvalue weighted by Gasteiger charge is -2.32. The van der Waals surface area contributed by atoms with Crippen LogP contribution in [0.3, 0.4) is 0 Å². The van der Waals surface area contributed by atoms with Crippen molar-refractivity contribution in [3.63, 3.8) is 0 Å². The molecule has 0 unspecified atom stereocenters. The van der Waals surface area contributed by atoms with Crippen LogP contribution in [0.2, 0.25) is 0 Å². The summed E-state index contributed by atoms with van der Waals surface area (Å²) in [6.45, 7) is 3.56. The van der Waals surface area contributed by atoms with Gasteiger partial charge in [-0.1, -0.05) is 15.9 Å². The first-order valence-corrected chi connectivity index (χ1v) is 7.29. The van der Waals surface area contributed by atoms with Crippen LogP contribution in [0.5, 0.6) is 0 Å². The molecule has 0 atom stereocenters. The summed E-state index contributed by atoms with van der Waals surface area (Å²) in [6.07, 6.45) is 0. The molecule has 106 valence electrons. The molecule has 1 aromatic rings. The van der Waals surface area contributed by atoms with E-state index in [4.69, 9.17) is 5.26 Å². The molecule has 0 aliphatic carbocycles. The molecule has 0 spiro atoms. The number of hydrogen-bond acceptors (Lipinski definition) is 4. The Morgan fingerprint density at radius 2 is 2.10 bits per heavy atom. The second-order valence-corrected chi connectivity index (χ2v) is 5.76. The van der Waals surface area contributed by atoms with Crippen molar-refractivity contribution in [3.05, 3.63) is 28.2 Å². The molecule has 1 aliphatic rings. The third-order valence-electron chi connectivity index (χ3n) is 3.39. The Kier molecular flexibility index (Phi) is 4.99. The minimum absolute atomic E-state index is 0.0713. The maximum atomic E-state index is 12.1. The number of carbonyl (C=O) groups excluding carboxylic acids is 1.